The zero-order chi connectivity index (χ0) is 16.9. The smallest absolute Gasteiger partial charge is 0.201 e. The summed E-state index contributed by atoms with van der Waals surface area (Å²) in [5.74, 6) is 0.592. The molecule has 1 aliphatic carbocycles. The van der Waals surface area contributed by atoms with Gasteiger partial charge in [0.2, 0.25) is 5.96 Å². The first-order valence-corrected chi connectivity index (χ1v) is 8.90. The second-order valence-corrected chi connectivity index (χ2v) is 6.80. The normalized spacial score (nSPS) is 16.2. The predicted molar refractivity (Wildman–Crippen MR) is 103 cm³/mol. The third-order valence-electron chi connectivity index (χ3n) is 4.78. The molecule has 0 amide bonds. The molecule has 2 aromatic rings. The molecule has 2 N–H and O–H groups in total. The van der Waals surface area contributed by atoms with E-state index in [1.807, 2.05) is 12.1 Å². The van der Waals surface area contributed by atoms with Gasteiger partial charge >= 0.3 is 0 Å². The fourth-order valence-corrected chi connectivity index (χ4v) is 3.38. The van der Waals surface area contributed by atoms with E-state index in [1.54, 1.807) is 0 Å². The molecular weight excluding hydrogens is 294 g/mol. The van der Waals surface area contributed by atoms with Crippen molar-refractivity contribution < 1.29 is 0 Å². The standard InChI is InChI=1S/C21H27N3/c1-16-8-12-18(13-9-16)23-21(22)24(19-6-4-3-5-7-19)20-14-10-17(2)11-15-20/h8-15,19H,3-7H2,1-2H3,(H2,22,23). The molecule has 0 unspecified atom stereocenters. The summed E-state index contributed by atoms with van der Waals surface area (Å²) in [6, 6.07) is 17.2. The first-order chi connectivity index (χ1) is 11.6. The van der Waals surface area contributed by atoms with Gasteiger partial charge in [-0.1, -0.05) is 54.7 Å². The number of rotatable bonds is 3. The van der Waals surface area contributed by atoms with Gasteiger partial charge in [-0.25, -0.2) is 4.99 Å². The minimum absolute atomic E-state index is 0.440. The van der Waals surface area contributed by atoms with E-state index in [1.165, 1.54) is 43.2 Å². The van der Waals surface area contributed by atoms with Crippen LogP contribution in [0, 0.1) is 13.8 Å². The van der Waals surface area contributed by atoms with Gasteiger partial charge in [0, 0.05) is 11.7 Å². The molecule has 3 nitrogen and oxygen atoms in total. The molecule has 0 saturated heterocycles. The largest absolute Gasteiger partial charge is 0.369 e. The van der Waals surface area contributed by atoms with Gasteiger partial charge in [0.25, 0.3) is 0 Å². The number of benzene rings is 2. The Labute approximate surface area is 145 Å². The average molecular weight is 321 g/mol. The summed E-state index contributed by atoms with van der Waals surface area (Å²) in [5, 5.41) is 0. The molecule has 0 spiro atoms. The Morgan fingerprint density at radius 2 is 1.42 bits per heavy atom. The van der Waals surface area contributed by atoms with Crippen molar-refractivity contribution in [3.05, 3.63) is 59.7 Å². The van der Waals surface area contributed by atoms with E-state index < -0.39 is 0 Å². The van der Waals surface area contributed by atoms with Gasteiger partial charge in [0.1, 0.15) is 0 Å². The highest BCUT2D eigenvalue weighted by molar-refractivity contribution is 5.97. The number of nitrogens with two attached hydrogens (primary N) is 1. The van der Waals surface area contributed by atoms with E-state index in [0.717, 1.165) is 11.4 Å². The Morgan fingerprint density at radius 1 is 0.875 bits per heavy atom. The van der Waals surface area contributed by atoms with Crippen LogP contribution < -0.4 is 10.6 Å². The minimum Gasteiger partial charge on any atom is -0.369 e. The van der Waals surface area contributed by atoms with Crippen molar-refractivity contribution in [2.45, 2.75) is 52.0 Å². The summed E-state index contributed by atoms with van der Waals surface area (Å²) in [4.78, 5) is 6.93. The monoisotopic (exact) mass is 321 g/mol. The summed E-state index contributed by atoms with van der Waals surface area (Å²) in [5.41, 5.74) is 11.0. The Hall–Kier alpha value is -2.29. The van der Waals surface area contributed by atoms with Gasteiger partial charge < -0.3 is 10.6 Å². The Balaban J connectivity index is 1.93. The van der Waals surface area contributed by atoms with Gasteiger partial charge in [-0.3, -0.25) is 0 Å². The highest BCUT2D eigenvalue weighted by Gasteiger charge is 2.24. The van der Waals surface area contributed by atoms with Crippen molar-refractivity contribution in [1.82, 2.24) is 0 Å². The number of aliphatic imine (C=N–C) groups is 1. The SMILES string of the molecule is Cc1ccc(N=C(N)N(c2ccc(C)cc2)C2CCCCC2)cc1. The van der Waals surface area contributed by atoms with Crippen LogP contribution in [0.3, 0.4) is 0 Å². The van der Waals surface area contributed by atoms with Gasteiger partial charge in [0.15, 0.2) is 0 Å². The Bertz CT molecular complexity index is 680. The maximum atomic E-state index is 6.46. The van der Waals surface area contributed by atoms with E-state index in [0.29, 0.717) is 12.0 Å². The summed E-state index contributed by atoms with van der Waals surface area (Å²) in [6.07, 6.45) is 6.22. The molecule has 0 aromatic heterocycles. The molecule has 24 heavy (non-hydrogen) atoms. The van der Waals surface area contributed by atoms with E-state index in [-0.39, 0.29) is 0 Å². The van der Waals surface area contributed by atoms with Crippen molar-refractivity contribution in [1.29, 1.82) is 0 Å². The quantitative estimate of drug-likeness (QED) is 0.632. The number of guanidine groups is 1. The topological polar surface area (TPSA) is 41.6 Å². The number of aryl methyl sites for hydroxylation is 2. The second-order valence-electron chi connectivity index (χ2n) is 6.80. The molecule has 3 rings (SSSR count). The molecule has 1 saturated carbocycles. The fourth-order valence-electron chi connectivity index (χ4n) is 3.38. The van der Waals surface area contributed by atoms with E-state index in [2.05, 4.69) is 55.1 Å². The Kier molecular flexibility index (Phi) is 5.19. The van der Waals surface area contributed by atoms with E-state index >= 15 is 0 Å². The number of hydrogen-bond acceptors (Lipinski definition) is 1. The van der Waals surface area contributed by atoms with Crippen molar-refractivity contribution in [3.8, 4) is 0 Å². The lowest BCUT2D eigenvalue weighted by Crippen LogP contribution is -2.45. The van der Waals surface area contributed by atoms with Crippen molar-refractivity contribution in [2.24, 2.45) is 10.7 Å². The summed E-state index contributed by atoms with van der Waals surface area (Å²) in [6.45, 7) is 4.19. The zero-order valence-corrected chi connectivity index (χ0v) is 14.7. The zero-order valence-electron chi connectivity index (χ0n) is 14.7. The molecule has 0 bridgehead atoms. The maximum absolute atomic E-state index is 6.46. The lowest BCUT2D eigenvalue weighted by atomic mass is 9.94. The Morgan fingerprint density at radius 3 is 2.00 bits per heavy atom. The number of nitrogens with zero attached hydrogens (tertiary/aromatic N) is 2. The second kappa shape index (κ2) is 7.52. The van der Waals surface area contributed by atoms with Crippen LogP contribution in [0.4, 0.5) is 11.4 Å². The predicted octanol–water partition coefficient (Wildman–Crippen LogP) is 5.09. The van der Waals surface area contributed by atoms with Crippen LogP contribution in [0.2, 0.25) is 0 Å². The third kappa shape index (κ3) is 3.97. The van der Waals surface area contributed by atoms with Gasteiger partial charge in [-0.2, -0.15) is 0 Å². The van der Waals surface area contributed by atoms with Crippen LogP contribution >= 0.6 is 0 Å². The molecule has 2 aromatic carbocycles. The molecule has 0 atom stereocenters. The molecule has 0 heterocycles. The summed E-state index contributed by atoms with van der Waals surface area (Å²) < 4.78 is 0. The minimum atomic E-state index is 0.440. The van der Waals surface area contributed by atoms with Crippen molar-refractivity contribution in [3.63, 3.8) is 0 Å². The lowest BCUT2D eigenvalue weighted by Gasteiger charge is -2.35. The molecule has 3 heteroatoms. The van der Waals surface area contributed by atoms with Gasteiger partial charge in [0.05, 0.1) is 5.69 Å². The van der Waals surface area contributed by atoms with Crippen LogP contribution in [-0.4, -0.2) is 12.0 Å². The van der Waals surface area contributed by atoms with E-state index in [4.69, 9.17) is 10.7 Å². The molecule has 1 fully saturated rings. The number of anilines is 1. The van der Waals surface area contributed by atoms with Crippen molar-refractivity contribution in [2.75, 3.05) is 4.90 Å². The third-order valence-corrected chi connectivity index (χ3v) is 4.78. The van der Waals surface area contributed by atoms with Crippen LogP contribution in [0.15, 0.2) is 53.5 Å². The van der Waals surface area contributed by atoms with Crippen molar-refractivity contribution >= 4 is 17.3 Å². The van der Waals surface area contributed by atoms with Crippen LogP contribution in [-0.2, 0) is 0 Å². The van der Waals surface area contributed by atoms with Gasteiger partial charge in [-0.05, 0) is 51.0 Å². The van der Waals surface area contributed by atoms with Crippen LogP contribution in [0.25, 0.3) is 0 Å². The number of hydrogen-bond donors (Lipinski definition) is 1. The molecule has 1 aliphatic rings. The first kappa shape index (κ1) is 16.6. The maximum Gasteiger partial charge on any atom is 0.201 e. The molecule has 0 radical (unpaired) electrons. The van der Waals surface area contributed by atoms with Gasteiger partial charge in [-0.15, -0.1) is 0 Å². The molecule has 126 valence electrons. The summed E-state index contributed by atoms with van der Waals surface area (Å²) >= 11 is 0. The van der Waals surface area contributed by atoms with E-state index in [9.17, 15) is 0 Å². The van der Waals surface area contributed by atoms with Crippen LogP contribution in [0.1, 0.15) is 43.2 Å². The molecular formula is C21H27N3. The molecule has 0 aliphatic heterocycles. The van der Waals surface area contributed by atoms with Crippen LogP contribution in [0.5, 0.6) is 0 Å². The highest BCUT2D eigenvalue weighted by atomic mass is 15.3. The average Bonchev–Trinajstić information content (AvgIpc) is 2.60. The first-order valence-electron chi connectivity index (χ1n) is 8.90. The highest BCUT2D eigenvalue weighted by Crippen LogP contribution is 2.28. The fraction of sp³-hybridized carbons (Fsp3) is 0.381. The lowest BCUT2D eigenvalue weighted by molar-refractivity contribution is 0.439. The summed E-state index contributed by atoms with van der Waals surface area (Å²) in [7, 11) is 0.